The van der Waals surface area contributed by atoms with Crippen molar-refractivity contribution in [3.8, 4) is 34.6 Å². The fourth-order valence-corrected chi connectivity index (χ4v) is 8.98. The summed E-state index contributed by atoms with van der Waals surface area (Å²) in [4.78, 5) is 0. The van der Waals surface area contributed by atoms with Gasteiger partial charge < -0.3 is 9.13 Å². The van der Waals surface area contributed by atoms with Gasteiger partial charge in [-0.25, -0.2) is 0 Å². The van der Waals surface area contributed by atoms with Crippen molar-refractivity contribution in [3.63, 3.8) is 0 Å². The highest BCUT2D eigenvalue weighted by Gasteiger charge is 2.22. The number of hydrogen-bond acceptors (Lipinski definition) is 3. The van der Waals surface area contributed by atoms with Crippen LogP contribution in [0, 0.1) is 22.7 Å². The molecule has 10 rings (SSSR count). The van der Waals surface area contributed by atoms with Crippen molar-refractivity contribution in [1.29, 1.82) is 10.5 Å². The molecule has 0 fully saturated rings. The summed E-state index contributed by atoms with van der Waals surface area (Å²) in [5.41, 5.74) is 9.32. The summed E-state index contributed by atoms with van der Waals surface area (Å²) in [7, 11) is 0. The average molecular weight is 641 g/mol. The zero-order chi connectivity index (χ0) is 32.6. The third kappa shape index (κ3) is 3.88. The van der Waals surface area contributed by atoms with Gasteiger partial charge in [0.2, 0.25) is 0 Å². The van der Waals surface area contributed by atoms with Gasteiger partial charge in [-0.2, -0.15) is 10.5 Å². The number of nitriles is 2. The maximum Gasteiger partial charge on any atom is 0.0998 e. The van der Waals surface area contributed by atoms with Crippen LogP contribution in [0.25, 0.3) is 86.3 Å². The fraction of sp³-hybridized carbons (Fsp3) is 0. The first-order valence-electron chi connectivity index (χ1n) is 16.1. The minimum absolute atomic E-state index is 0.602. The van der Waals surface area contributed by atoms with Crippen molar-refractivity contribution in [3.05, 3.63) is 157 Å². The van der Waals surface area contributed by atoms with Crippen LogP contribution in [-0.4, -0.2) is 9.13 Å². The molecular formula is C44H24N4S. The Morgan fingerprint density at radius 2 is 1.24 bits per heavy atom. The Morgan fingerprint density at radius 1 is 0.490 bits per heavy atom. The minimum Gasteiger partial charge on any atom is -0.309 e. The Balaban J connectivity index is 1.31. The quantitative estimate of drug-likeness (QED) is 0.193. The summed E-state index contributed by atoms with van der Waals surface area (Å²) in [5.74, 6) is 0. The number of thiophene rings is 1. The van der Waals surface area contributed by atoms with Crippen molar-refractivity contribution in [2.45, 2.75) is 0 Å². The maximum atomic E-state index is 10.5. The Hall–Kier alpha value is -6.66. The molecule has 3 aromatic heterocycles. The smallest absolute Gasteiger partial charge is 0.0998 e. The van der Waals surface area contributed by atoms with Crippen molar-refractivity contribution < 1.29 is 0 Å². The average Bonchev–Trinajstić information content (AvgIpc) is 3.81. The van der Waals surface area contributed by atoms with Crippen LogP contribution in [0.4, 0.5) is 0 Å². The molecule has 4 nitrogen and oxygen atoms in total. The van der Waals surface area contributed by atoms with E-state index in [1.807, 2.05) is 59.9 Å². The largest absolute Gasteiger partial charge is 0.309 e. The standard InChI is InChI=1S/C44H24N4S/c45-25-27-17-21-37-35(23-27)31-12-4-6-14-36(31)48(37)38-15-8-9-29(26-46)42(38)28-18-19-34-40(24-28)47(30-10-2-1-3-11-30)39-22-20-33-32-13-5-7-16-41(32)49-44(33)43(34)39/h1-24H. The molecule has 7 aromatic carbocycles. The highest BCUT2D eigenvalue weighted by molar-refractivity contribution is 7.26. The van der Waals surface area contributed by atoms with E-state index in [2.05, 4.69) is 118 Å². The molecule has 10 aromatic rings. The third-order valence-corrected chi connectivity index (χ3v) is 11.0. The van der Waals surface area contributed by atoms with E-state index in [0.717, 1.165) is 55.3 Å². The van der Waals surface area contributed by atoms with E-state index in [9.17, 15) is 10.5 Å². The van der Waals surface area contributed by atoms with Gasteiger partial charge in [0.15, 0.2) is 0 Å². The second-order valence-electron chi connectivity index (χ2n) is 12.3. The number of fused-ring (bicyclic) bond motifs is 10. The molecule has 0 saturated heterocycles. The van der Waals surface area contributed by atoms with Crippen LogP contribution >= 0.6 is 11.3 Å². The van der Waals surface area contributed by atoms with E-state index in [1.165, 1.54) is 30.9 Å². The van der Waals surface area contributed by atoms with Crippen LogP contribution in [0.2, 0.25) is 0 Å². The summed E-state index contributed by atoms with van der Waals surface area (Å²) in [5, 5.41) is 27.3. The van der Waals surface area contributed by atoms with Gasteiger partial charge in [-0.1, -0.05) is 78.9 Å². The second-order valence-corrected chi connectivity index (χ2v) is 13.4. The van der Waals surface area contributed by atoms with E-state index >= 15 is 0 Å². The molecule has 3 heterocycles. The number of benzene rings is 7. The number of rotatable bonds is 3. The molecule has 0 saturated carbocycles. The predicted octanol–water partition coefficient (Wildman–Crippen LogP) is 11.7. The first-order chi connectivity index (χ1) is 24.2. The van der Waals surface area contributed by atoms with Crippen LogP contribution < -0.4 is 0 Å². The Bertz CT molecular complexity index is 3070. The fourth-order valence-electron chi connectivity index (χ4n) is 7.72. The lowest BCUT2D eigenvalue weighted by atomic mass is 9.96. The van der Waals surface area contributed by atoms with Gasteiger partial charge in [-0.15, -0.1) is 11.3 Å². The molecule has 0 aliphatic rings. The number of aromatic nitrogens is 2. The van der Waals surface area contributed by atoms with E-state index in [0.29, 0.717) is 11.1 Å². The molecule has 0 aliphatic heterocycles. The van der Waals surface area contributed by atoms with Gasteiger partial charge in [0.25, 0.3) is 0 Å². The van der Waals surface area contributed by atoms with Crippen LogP contribution in [0.3, 0.4) is 0 Å². The van der Waals surface area contributed by atoms with E-state index < -0.39 is 0 Å². The van der Waals surface area contributed by atoms with Crippen molar-refractivity contribution in [2.75, 3.05) is 0 Å². The van der Waals surface area contributed by atoms with Crippen LogP contribution in [0.5, 0.6) is 0 Å². The highest BCUT2D eigenvalue weighted by Crippen LogP contribution is 2.45. The van der Waals surface area contributed by atoms with Gasteiger partial charge >= 0.3 is 0 Å². The summed E-state index contributed by atoms with van der Waals surface area (Å²) in [6.45, 7) is 0. The Morgan fingerprint density at radius 3 is 2.10 bits per heavy atom. The Labute approximate surface area is 285 Å². The van der Waals surface area contributed by atoms with E-state index in [4.69, 9.17) is 0 Å². The molecule has 0 N–H and O–H groups in total. The van der Waals surface area contributed by atoms with Gasteiger partial charge in [0.05, 0.1) is 51.0 Å². The topological polar surface area (TPSA) is 57.4 Å². The van der Waals surface area contributed by atoms with Crippen LogP contribution in [0.1, 0.15) is 11.1 Å². The van der Waals surface area contributed by atoms with Gasteiger partial charge in [0.1, 0.15) is 0 Å². The second kappa shape index (κ2) is 10.4. The monoisotopic (exact) mass is 640 g/mol. The first-order valence-corrected chi connectivity index (χ1v) is 17.0. The third-order valence-electron chi connectivity index (χ3n) is 9.78. The zero-order valence-electron chi connectivity index (χ0n) is 26.1. The molecule has 0 bridgehead atoms. The molecule has 0 spiro atoms. The lowest BCUT2D eigenvalue weighted by Gasteiger charge is -2.16. The van der Waals surface area contributed by atoms with Gasteiger partial charge in [-0.05, 0) is 72.3 Å². The van der Waals surface area contributed by atoms with Crippen molar-refractivity contribution in [2.24, 2.45) is 0 Å². The van der Waals surface area contributed by atoms with E-state index in [-0.39, 0.29) is 0 Å². The molecular weight excluding hydrogens is 617 g/mol. The first kappa shape index (κ1) is 27.5. The van der Waals surface area contributed by atoms with Crippen LogP contribution in [-0.2, 0) is 0 Å². The lowest BCUT2D eigenvalue weighted by molar-refractivity contribution is 1.17. The summed E-state index contributed by atoms with van der Waals surface area (Å²) in [6, 6.07) is 55.2. The van der Waals surface area contributed by atoms with Crippen molar-refractivity contribution >= 4 is 75.1 Å². The van der Waals surface area contributed by atoms with Gasteiger partial charge in [-0.3, -0.25) is 0 Å². The number of para-hydroxylation sites is 2. The molecule has 0 radical (unpaired) electrons. The summed E-state index contributed by atoms with van der Waals surface area (Å²) < 4.78 is 7.16. The SMILES string of the molecule is N#Cc1ccc2c(c1)c1ccccc1n2-c1cccc(C#N)c1-c1ccc2c3c4sc5ccccc5c4ccc3n(-c3ccccc3)c2c1. The lowest BCUT2D eigenvalue weighted by Crippen LogP contribution is -2.00. The normalized spacial score (nSPS) is 11.6. The minimum atomic E-state index is 0.602. The van der Waals surface area contributed by atoms with E-state index in [1.54, 1.807) is 0 Å². The molecule has 0 aliphatic carbocycles. The maximum absolute atomic E-state index is 10.5. The molecule has 49 heavy (non-hydrogen) atoms. The van der Waals surface area contributed by atoms with Crippen molar-refractivity contribution in [1.82, 2.24) is 9.13 Å². The van der Waals surface area contributed by atoms with Gasteiger partial charge in [0, 0.05) is 53.0 Å². The molecule has 0 amide bonds. The Kier molecular flexibility index (Phi) is 5.84. The molecule has 5 heteroatoms. The zero-order valence-corrected chi connectivity index (χ0v) is 26.9. The molecule has 226 valence electrons. The summed E-state index contributed by atoms with van der Waals surface area (Å²) >= 11 is 1.85. The van der Waals surface area contributed by atoms with Crippen LogP contribution in [0.15, 0.2) is 146 Å². The molecule has 0 unspecified atom stereocenters. The number of hydrogen-bond donors (Lipinski definition) is 0. The highest BCUT2D eigenvalue weighted by atomic mass is 32.1. The predicted molar refractivity (Wildman–Crippen MR) is 203 cm³/mol. The summed E-state index contributed by atoms with van der Waals surface area (Å²) in [6.07, 6.45) is 0. The molecule has 0 atom stereocenters. The number of nitrogens with zero attached hydrogens (tertiary/aromatic N) is 4.